The SMILES string of the molecule is C/C=C(C)\C(OC)=C(\C)CCC. The van der Waals surface area contributed by atoms with E-state index in [0.717, 1.165) is 12.2 Å². The van der Waals surface area contributed by atoms with E-state index in [9.17, 15) is 0 Å². The van der Waals surface area contributed by atoms with Crippen LogP contribution in [-0.2, 0) is 4.74 Å². The average molecular weight is 168 g/mol. The molecule has 0 atom stereocenters. The highest BCUT2D eigenvalue weighted by Crippen LogP contribution is 2.18. The second kappa shape index (κ2) is 5.87. The standard InChI is InChI=1S/C11H20O/c1-6-8-10(4)11(12-5)9(3)7-2/h7H,6,8H2,1-5H3/b9-7-,11-10+. The molecule has 0 aliphatic carbocycles. The zero-order valence-electron chi connectivity index (χ0n) is 8.90. The number of ether oxygens (including phenoxy) is 1. The van der Waals surface area contributed by atoms with Crippen LogP contribution in [0.1, 0.15) is 40.5 Å². The fourth-order valence-corrected chi connectivity index (χ4v) is 1.29. The number of hydrogen-bond donors (Lipinski definition) is 0. The van der Waals surface area contributed by atoms with Gasteiger partial charge in [-0.15, -0.1) is 0 Å². The van der Waals surface area contributed by atoms with Gasteiger partial charge in [-0.05, 0) is 38.3 Å². The fraction of sp³-hybridized carbons (Fsp3) is 0.636. The minimum atomic E-state index is 1.05. The van der Waals surface area contributed by atoms with Crippen LogP contribution in [0.15, 0.2) is 23.0 Å². The van der Waals surface area contributed by atoms with Crippen LogP contribution in [0.25, 0.3) is 0 Å². The predicted molar refractivity (Wildman–Crippen MR) is 54.0 cm³/mol. The van der Waals surface area contributed by atoms with Crippen molar-refractivity contribution in [2.45, 2.75) is 40.5 Å². The third-order valence-corrected chi connectivity index (χ3v) is 2.01. The molecule has 0 bridgehead atoms. The summed E-state index contributed by atoms with van der Waals surface area (Å²) < 4.78 is 5.33. The Morgan fingerprint density at radius 3 is 2.25 bits per heavy atom. The fourth-order valence-electron chi connectivity index (χ4n) is 1.29. The maximum atomic E-state index is 5.33. The molecule has 0 rings (SSSR count). The molecule has 0 saturated heterocycles. The lowest BCUT2D eigenvalue weighted by Gasteiger charge is -2.10. The second-order valence-electron chi connectivity index (χ2n) is 3.04. The van der Waals surface area contributed by atoms with Gasteiger partial charge >= 0.3 is 0 Å². The number of allylic oxidation sites excluding steroid dienone is 3. The van der Waals surface area contributed by atoms with Crippen LogP contribution in [-0.4, -0.2) is 7.11 Å². The molecular formula is C11H20O. The molecule has 0 aromatic rings. The van der Waals surface area contributed by atoms with Gasteiger partial charge in [0.1, 0.15) is 5.76 Å². The highest BCUT2D eigenvalue weighted by Gasteiger charge is 2.02. The van der Waals surface area contributed by atoms with E-state index in [1.165, 1.54) is 17.6 Å². The zero-order valence-corrected chi connectivity index (χ0v) is 8.90. The molecule has 0 aromatic heterocycles. The van der Waals surface area contributed by atoms with Crippen molar-refractivity contribution in [2.75, 3.05) is 7.11 Å². The van der Waals surface area contributed by atoms with Gasteiger partial charge in [0.15, 0.2) is 0 Å². The van der Waals surface area contributed by atoms with E-state index in [2.05, 4.69) is 26.8 Å². The van der Waals surface area contributed by atoms with Crippen LogP contribution in [0.3, 0.4) is 0 Å². The summed E-state index contributed by atoms with van der Waals surface area (Å²) in [6, 6.07) is 0. The van der Waals surface area contributed by atoms with Gasteiger partial charge in [-0.25, -0.2) is 0 Å². The molecule has 0 heterocycles. The van der Waals surface area contributed by atoms with Crippen molar-refractivity contribution in [3.63, 3.8) is 0 Å². The summed E-state index contributed by atoms with van der Waals surface area (Å²) in [6.07, 6.45) is 4.38. The van der Waals surface area contributed by atoms with Gasteiger partial charge in [-0.3, -0.25) is 0 Å². The Balaban J connectivity index is 4.61. The molecule has 0 aromatic carbocycles. The summed E-state index contributed by atoms with van der Waals surface area (Å²) in [5.41, 5.74) is 2.57. The van der Waals surface area contributed by atoms with E-state index < -0.39 is 0 Å². The average Bonchev–Trinajstić information content (AvgIpc) is 2.06. The third kappa shape index (κ3) is 3.12. The minimum Gasteiger partial charge on any atom is -0.497 e. The Labute approximate surface area is 76.1 Å². The third-order valence-electron chi connectivity index (χ3n) is 2.01. The summed E-state index contributed by atoms with van der Waals surface area (Å²) in [7, 11) is 1.74. The lowest BCUT2D eigenvalue weighted by molar-refractivity contribution is 0.294. The van der Waals surface area contributed by atoms with Crippen molar-refractivity contribution in [2.24, 2.45) is 0 Å². The molecular weight excluding hydrogens is 148 g/mol. The summed E-state index contributed by atoms with van der Waals surface area (Å²) in [6.45, 7) is 8.43. The van der Waals surface area contributed by atoms with Crippen LogP contribution in [0, 0.1) is 0 Å². The predicted octanol–water partition coefficient (Wildman–Crippen LogP) is 3.67. The molecule has 0 N–H and O–H groups in total. The maximum absolute atomic E-state index is 5.33. The first-order valence-corrected chi connectivity index (χ1v) is 4.54. The number of methoxy groups -OCH3 is 1. The largest absolute Gasteiger partial charge is 0.497 e. The first kappa shape index (κ1) is 11.3. The molecule has 0 spiro atoms. The first-order chi connectivity index (χ1) is 5.67. The molecule has 70 valence electrons. The lowest BCUT2D eigenvalue weighted by atomic mass is 10.1. The smallest absolute Gasteiger partial charge is 0.120 e. The number of rotatable bonds is 4. The quantitative estimate of drug-likeness (QED) is 0.459. The second-order valence-corrected chi connectivity index (χ2v) is 3.04. The van der Waals surface area contributed by atoms with Crippen molar-refractivity contribution >= 4 is 0 Å². The molecule has 0 radical (unpaired) electrons. The van der Waals surface area contributed by atoms with E-state index in [-0.39, 0.29) is 0 Å². The van der Waals surface area contributed by atoms with Crippen LogP contribution in [0.5, 0.6) is 0 Å². The summed E-state index contributed by atoms with van der Waals surface area (Å²) in [4.78, 5) is 0. The van der Waals surface area contributed by atoms with Gasteiger partial charge < -0.3 is 4.74 Å². The molecule has 1 heteroatoms. The summed E-state index contributed by atoms with van der Waals surface area (Å²) >= 11 is 0. The number of hydrogen-bond acceptors (Lipinski definition) is 1. The van der Waals surface area contributed by atoms with E-state index in [0.29, 0.717) is 0 Å². The van der Waals surface area contributed by atoms with Crippen molar-refractivity contribution in [3.8, 4) is 0 Å². The molecule has 0 aliphatic rings. The Hall–Kier alpha value is -0.720. The Kier molecular flexibility index (Phi) is 5.52. The highest BCUT2D eigenvalue weighted by atomic mass is 16.5. The van der Waals surface area contributed by atoms with E-state index in [4.69, 9.17) is 4.74 Å². The Morgan fingerprint density at radius 1 is 1.33 bits per heavy atom. The highest BCUT2D eigenvalue weighted by molar-refractivity contribution is 5.27. The molecule has 0 aliphatic heterocycles. The Morgan fingerprint density at radius 2 is 1.92 bits per heavy atom. The van der Waals surface area contributed by atoms with E-state index in [1.807, 2.05) is 6.92 Å². The van der Waals surface area contributed by atoms with Gasteiger partial charge in [0.05, 0.1) is 7.11 Å². The van der Waals surface area contributed by atoms with Crippen LogP contribution in [0.4, 0.5) is 0 Å². The van der Waals surface area contributed by atoms with Crippen LogP contribution in [0.2, 0.25) is 0 Å². The molecule has 0 amide bonds. The normalized spacial score (nSPS) is 14.2. The van der Waals surface area contributed by atoms with E-state index in [1.54, 1.807) is 7.11 Å². The maximum Gasteiger partial charge on any atom is 0.120 e. The zero-order chi connectivity index (χ0) is 9.56. The lowest BCUT2D eigenvalue weighted by Crippen LogP contribution is -1.93. The Bertz CT molecular complexity index is 187. The first-order valence-electron chi connectivity index (χ1n) is 4.54. The van der Waals surface area contributed by atoms with Crippen molar-refractivity contribution in [1.82, 2.24) is 0 Å². The topological polar surface area (TPSA) is 9.23 Å². The molecule has 0 unspecified atom stereocenters. The molecule has 0 fully saturated rings. The minimum absolute atomic E-state index is 1.05. The molecule has 12 heavy (non-hydrogen) atoms. The van der Waals surface area contributed by atoms with Gasteiger partial charge in [0.2, 0.25) is 0 Å². The monoisotopic (exact) mass is 168 g/mol. The van der Waals surface area contributed by atoms with Gasteiger partial charge in [0.25, 0.3) is 0 Å². The molecule has 0 saturated carbocycles. The van der Waals surface area contributed by atoms with E-state index >= 15 is 0 Å². The molecule has 1 nitrogen and oxygen atoms in total. The van der Waals surface area contributed by atoms with Crippen molar-refractivity contribution in [3.05, 3.63) is 23.0 Å². The summed E-state index contributed by atoms with van der Waals surface area (Å²) in [5, 5.41) is 0. The summed E-state index contributed by atoms with van der Waals surface area (Å²) in [5.74, 6) is 1.05. The van der Waals surface area contributed by atoms with Crippen molar-refractivity contribution < 1.29 is 4.74 Å². The van der Waals surface area contributed by atoms with Crippen molar-refractivity contribution in [1.29, 1.82) is 0 Å². The van der Waals surface area contributed by atoms with Crippen LogP contribution < -0.4 is 0 Å². The van der Waals surface area contributed by atoms with Gasteiger partial charge in [0, 0.05) is 0 Å². The van der Waals surface area contributed by atoms with Gasteiger partial charge in [-0.1, -0.05) is 19.4 Å². The van der Waals surface area contributed by atoms with Gasteiger partial charge in [-0.2, -0.15) is 0 Å². The van der Waals surface area contributed by atoms with Crippen LogP contribution >= 0.6 is 0 Å².